The van der Waals surface area contributed by atoms with Gasteiger partial charge in [0.25, 0.3) is 5.91 Å². The summed E-state index contributed by atoms with van der Waals surface area (Å²) in [5.74, 6) is 0.580. The minimum Gasteiger partial charge on any atom is -0.312 e. The molecule has 1 amide bonds. The summed E-state index contributed by atoms with van der Waals surface area (Å²) in [5.41, 5.74) is 5.96. The monoisotopic (exact) mass is 336 g/mol. The first-order chi connectivity index (χ1) is 12.0. The predicted molar refractivity (Wildman–Crippen MR) is 95.6 cm³/mol. The van der Waals surface area contributed by atoms with Gasteiger partial charge in [-0.15, -0.1) is 0 Å². The molecule has 3 aromatic rings. The highest BCUT2D eigenvalue weighted by Crippen LogP contribution is 2.23. The first-order valence-electron chi connectivity index (χ1n) is 8.35. The van der Waals surface area contributed by atoms with Gasteiger partial charge >= 0.3 is 0 Å². The Morgan fingerprint density at radius 1 is 1.20 bits per heavy atom. The first-order valence-corrected chi connectivity index (χ1v) is 8.35. The fraction of sp³-hybridized carbons (Fsp3) is 0.333. The van der Waals surface area contributed by atoms with E-state index in [2.05, 4.69) is 25.7 Å². The standard InChI is InChI=1S/C18H20N6O/c1-10-11(2)21-16-8-12(4-5-15(16)20-10)18(25)22-17-13-9-19-7-6-14(13)23-24(17)3/h4-5,8,19H,6-7,9H2,1-3H3,(H,22,25). The van der Waals surface area contributed by atoms with E-state index in [4.69, 9.17) is 0 Å². The van der Waals surface area contributed by atoms with Crippen LogP contribution in [0.25, 0.3) is 11.0 Å². The molecule has 1 aliphatic rings. The van der Waals surface area contributed by atoms with E-state index in [1.54, 1.807) is 16.8 Å². The summed E-state index contributed by atoms with van der Waals surface area (Å²) in [4.78, 5) is 21.8. The van der Waals surface area contributed by atoms with Crippen LogP contribution >= 0.6 is 0 Å². The van der Waals surface area contributed by atoms with Gasteiger partial charge < -0.3 is 10.6 Å². The van der Waals surface area contributed by atoms with Crippen molar-refractivity contribution in [3.05, 3.63) is 46.4 Å². The number of fused-ring (bicyclic) bond motifs is 2. The molecule has 1 aliphatic heterocycles. The molecule has 7 heteroatoms. The van der Waals surface area contributed by atoms with Crippen molar-refractivity contribution >= 4 is 22.8 Å². The second-order valence-corrected chi connectivity index (χ2v) is 6.38. The molecule has 0 atom stereocenters. The van der Waals surface area contributed by atoms with Crippen molar-refractivity contribution in [3.63, 3.8) is 0 Å². The average Bonchev–Trinajstić information content (AvgIpc) is 2.91. The zero-order chi connectivity index (χ0) is 17.6. The molecule has 0 saturated heterocycles. The van der Waals surface area contributed by atoms with Crippen LogP contribution in [0.4, 0.5) is 5.82 Å². The lowest BCUT2D eigenvalue weighted by Crippen LogP contribution is -2.24. The Labute approximate surface area is 145 Å². The fourth-order valence-electron chi connectivity index (χ4n) is 3.14. The van der Waals surface area contributed by atoms with Crippen molar-refractivity contribution in [2.24, 2.45) is 7.05 Å². The second-order valence-electron chi connectivity index (χ2n) is 6.38. The minimum atomic E-state index is -0.168. The van der Waals surface area contributed by atoms with E-state index in [1.807, 2.05) is 27.0 Å². The summed E-state index contributed by atoms with van der Waals surface area (Å²) in [6, 6.07) is 5.40. The highest BCUT2D eigenvalue weighted by atomic mass is 16.1. The number of nitrogens with one attached hydrogen (secondary N) is 2. The number of aryl methyl sites for hydroxylation is 3. The molecular formula is C18H20N6O. The van der Waals surface area contributed by atoms with Crippen LogP contribution in [-0.4, -0.2) is 32.2 Å². The largest absolute Gasteiger partial charge is 0.312 e. The van der Waals surface area contributed by atoms with Gasteiger partial charge in [-0.3, -0.25) is 9.48 Å². The third kappa shape index (κ3) is 2.76. The second kappa shape index (κ2) is 5.93. The molecule has 0 aliphatic carbocycles. The first kappa shape index (κ1) is 15.7. The third-order valence-corrected chi connectivity index (χ3v) is 4.64. The Morgan fingerprint density at radius 3 is 2.76 bits per heavy atom. The molecule has 3 heterocycles. The molecule has 0 spiro atoms. The Balaban J connectivity index is 1.66. The maximum atomic E-state index is 12.7. The van der Waals surface area contributed by atoms with E-state index in [0.29, 0.717) is 5.56 Å². The molecule has 4 rings (SSSR count). The molecule has 25 heavy (non-hydrogen) atoms. The number of benzene rings is 1. The van der Waals surface area contributed by atoms with Crippen molar-refractivity contribution in [2.45, 2.75) is 26.8 Å². The van der Waals surface area contributed by atoms with E-state index in [0.717, 1.165) is 59.0 Å². The molecule has 2 N–H and O–H groups in total. The zero-order valence-electron chi connectivity index (χ0n) is 14.6. The van der Waals surface area contributed by atoms with E-state index >= 15 is 0 Å². The van der Waals surface area contributed by atoms with Gasteiger partial charge in [0.2, 0.25) is 0 Å². The van der Waals surface area contributed by atoms with Crippen LogP contribution in [-0.2, 0) is 20.0 Å². The van der Waals surface area contributed by atoms with Gasteiger partial charge in [-0.05, 0) is 32.0 Å². The lowest BCUT2D eigenvalue weighted by atomic mass is 10.1. The number of amides is 1. The molecule has 0 bridgehead atoms. The number of rotatable bonds is 2. The Hall–Kier alpha value is -2.80. The highest BCUT2D eigenvalue weighted by molar-refractivity contribution is 6.05. The van der Waals surface area contributed by atoms with Crippen LogP contribution in [0.5, 0.6) is 0 Å². The van der Waals surface area contributed by atoms with Crippen molar-refractivity contribution < 1.29 is 4.79 Å². The quantitative estimate of drug-likeness (QED) is 0.746. The number of nitrogens with zero attached hydrogens (tertiary/aromatic N) is 4. The summed E-state index contributed by atoms with van der Waals surface area (Å²) in [5, 5.41) is 10.8. The molecule has 0 radical (unpaired) electrons. The van der Waals surface area contributed by atoms with Crippen molar-refractivity contribution in [1.29, 1.82) is 0 Å². The molecule has 1 aromatic carbocycles. The lowest BCUT2D eigenvalue weighted by Gasteiger charge is -2.13. The summed E-state index contributed by atoms with van der Waals surface area (Å²) < 4.78 is 1.74. The van der Waals surface area contributed by atoms with E-state index in [-0.39, 0.29) is 5.91 Å². The topological polar surface area (TPSA) is 84.7 Å². The van der Waals surface area contributed by atoms with Crippen LogP contribution in [0, 0.1) is 13.8 Å². The van der Waals surface area contributed by atoms with Crippen LogP contribution in [0.3, 0.4) is 0 Å². The summed E-state index contributed by atoms with van der Waals surface area (Å²) >= 11 is 0. The van der Waals surface area contributed by atoms with E-state index in [1.165, 1.54) is 0 Å². The molecule has 7 nitrogen and oxygen atoms in total. The molecule has 2 aromatic heterocycles. The number of carbonyl (C=O) groups excluding carboxylic acids is 1. The van der Waals surface area contributed by atoms with Gasteiger partial charge in [0, 0.05) is 37.7 Å². The van der Waals surface area contributed by atoms with Crippen LogP contribution in [0.15, 0.2) is 18.2 Å². The van der Waals surface area contributed by atoms with Crippen molar-refractivity contribution in [3.8, 4) is 0 Å². The number of aromatic nitrogens is 4. The smallest absolute Gasteiger partial charge is 0.256 e. The highest BCUT2D eigenvalue weighted by Gasteiger charge is 2.21. The normalized spacial score (nSPS) is 13.7. The van der Waals surface area contributed by atoms with Gasteiger partial charge in [-0.1, -0.05) is 0 Å². The van der Waals surface area contributed by atoms with Gasteiger partial charge in [0.1, 0.15) is 5.82 Å². The number of hydrogen-bond donors (Lipinski definition) is 2. The maximum absolute atomic E-state index is 12.7. The molecule has 0 fully saturated rings. The summed E-state index contributed by atoms with van der Waals surface area (Å²) in [7, 11) is 1.85. The van der Waals surface area contributed by atoms with Crippen LogP contribution < -0.4 is 10.6 Å². The summed E-state index contributed by atoms with van der Waals surface area (Å²) in [6.07, 6.45) is 0.878. The minimum absolute atomic E-state index is 0.168. The third-order valence-electron chi connectivity index (χ3n) is 4.64. The van der Waals surface area contributed by atoms with E-state index in [9.17, 15) is 4.79 Å². The Kier molecular flexibility index (Phi) is 3.73. The summed E-state index contributed by atoms with van der Waals surface area (Å²) in [6.45, 7) is 5.49. The number of hydrogen-bond acceptors (Lipinski definition) is 5. The molecule has 0 unspecified atom stereocenters. The van der Waals surface area contributed by atoms with Crippen LogP contribution in [0.2, 0.25) is 0 Å². The van der Waals surface area contributed by atoms with Gasteiger partial charge in [-0.25, -0.2) is 9.97 Å². The Morgan fingerprint density at radius 2 is 1.96 bits per heavy atom. The molecular weight excluding hydrogens is 316 g/mol. The Bertz CT molecular complexity index is 991. The van der Waals surface area contributed by atoms with Gasteiger partial charge in [0.05, 0.1) is 28.1 Å². The lowest BCUT2D eigenvalue weighted by molar-refractivity contribution is 0.102. The maximum Gasteiger partial charge on any atom is 0.256 e. The SMILES string of the molecule is Cc1nc2ccc(C(=O)Nc3c4c(nn3C)CCNC4)cc2nc1C. The average molecular weight is 336 g/mol. The van der Waals surface area contributed by atoms with Gasteiger partial charge in [0.15, 0.2) is 0 Å². The van der Waals surface area contributed by atoms with Crippen molar-refractivity contribution in [1.82, 2.24) is 25.1 Å². The molecule has 0 saturated carbocycles. The number of anilines is 1. The zero-order valence-corrected chi connectivity index (χ0v) is 14.6. The predicted octanol–water partition coefficient (Wildman–Crippen LogP) is 1.88. The number of carbonyl (C=O) groups is 1. The van der Waals surface area contributed by atoms with Crippen LogP contribution in [0.1, 0.15) is 33.0 Å². The van der Waals surface area contributed by atoms with E-state index < -0.39 is 0 Å². The van der Waals surface area contributed by atoms with Crippen molar-refractivity contribution in [2.75, 3.05) is 11.9 Å². The molecule has 128 valence electrons. The van der Waals surface area contributed by atoms with Gasteiger partial charge in [-0.2, -0.15) is 5.10 Å². The fourth-order valence-corrected chi connectivity index (χ4v) is 3.14.